The van der Waals surface area contributed by atoms with Gasteiger partial charge in [-0.3, -0.25) is 0 Å². The third-order valence-corrected chi connectivity index (χ3v) is 8.66. The second-order valence-electron chi connectivity index (χ2n) is 9.74. The molecule has 1 aliphatic heterocycles. The molecular weight excluding hydrogens is 336 g/mol. The fourth-order valence-corrected chi connectivity index (χ4v) is 7.05. The second kappa shape index (κ2) is 6.30. The molecule has 1 saturated carbocycles. The summed E-state index contributed by atoms with van der Waals surface area (Å²) in [5.41, 5.74) is 4.33. The van der Waals surface area contributed by atoms with Crippen molar-refractivity contribution in [3.8, 4) is 0 Å². The van der Waals surface area contributed by atoms with Crippen LogP contribution >= 0.6 is 0 Å². The Morgan fingerprint density at radius 1 is 1.19 bits per heavy atom. The van der Waals surface area contributed by atoms with E-state index in [9.17, 15) is 5.11 Å². The quantitative estimate of drug-likeness (QED) is 0.690. The predicted octanol–water partition coefficient (Wildman–Crippen LogP) is 5.06. The van der Waals surface area contributed by atoms with E-state index in [4.69, 9.17) is 9.47 Å². The van der Waals surface area contributed by atoms with Crippen LogP contribution in [0.5, 0.6) is 0 Å². The van der Waals surface area contributed by atoms with Crippen LogP contribution in [0.2, 0.25) is 0 Å². The molecule has 0 unspecified atom stereocenters. The highest BCUT2D eigenvalue weighted by Crippen LogP contribution is 2.63. The van der Waals surface area contributed by atoms with Gasteiger partial charge in [-0.2, -0.15) is 0 Å². The van der Waals surface area contributed by atoms with Gasteiger partial charge in [-0.25, -0.2) is 0 Å². The van der Waals surface area contributed by atoms with Crippen molar-refractivity contribution < 1.29 is 14.6 Å². The summed E-state index contributed by atoms with van der Waals surface area (Å²) in [6.07, 6.45) is 16.2. The van der Waals surface area contributed by atoms with Gasteiger partial charge in [-0.15, -0.1) is 0 Å². The Balaban J connectivity index is 1.45. The zero-order valence-electron chi connectivity index (χ0n) is 16.9. The topological polar surface area (TPSA) is 38.7 Å². The molecule has 1 heterocycles. The highest BCUT2D eigenvalue weighted by Gasteiger charge is 2.59. The van der Waals surface area contributed by atoms with Crippen LogP contribution in [0.15, 0.2) is 34.9 Å². The SMILES string of the molecule is C/C=C/C[C@]1(O)CC[C@H]2[C@@H]3CCC4=C(CCC5(C4)OCCO5)C3=CC[C@@]21C. The lowest BCUT2D eigenvalue weighted by Crippen LogP contribution is -2.49. The summed E-state index contributed by atoms with van der Waals surface area (Å²) in [4.78, 5) is 0. The molecule has 4 atom stereocenters. The van der Waals surface area contributed by atoms with Gasteiger partial charge in [0.1, 0.15) is 0 Å². The first-order chi connectivity index (χ1) is 13.0. The standard InChI is InChI=1S/C24H34O3/c1-3-4-10-23(25)12-9-21-20-6-5-17-16-24(26-14-15-27-24)13-8-18(17)19(20)7-11-22(21,23)2/h3-4,7,20-21,25H,5-6,8-16H2,1-2H3/b4-3+/t20-,21+,22+,23+/m1/s1. The molecule has 0 aromatic carbocycles. The van der Waals surface area contributed by atoms with Gasteiger partial charge in [0.15, 0.2) is 5.79 Å². The predicted molar refractivity (Wildman–Crippen MR) is 106 cm³/mol. The molecule has 1 spiro atoms. The molecule has 0 aromatic rings. The molecule has 0 aromatic heterocycles. The number of rotatable bonds is 2. The third-order valence-electron chi connectivity index (χ3n) is 8.66. The Morgan fingerprint density at radius 3 is 2.78 bits per heavy atom. The molecular formula is C24H34O3. The molecule has 5 aliphatic rings. The Labute approximate surface area is 163 Å². The van der Waals surface area contributed by atoms with Crippen molar-refractivity contribution in [3.63, 3.8) is 0 Å². The van der Waals surface area contributed by atoms with Crippen LogP contribution in [0.1, 0.15) is 71.6 Å². The summed E-state index contributed by atoms with van der Waals surface area (Å²) < 4.78 is 12.0. The Morgan fingerprint density at radius 2 is 2.00 bits per heavy atom. The van der Waals surface area contributed by atoms with Gasteiger partial charge in [0.05, 0.1) is 18.8 Å². The van der Waals surface area contributed by atoms with Gasteiger partial charge in [0.25, 0.3) is 0 Å². The summed E-state index contributed by atoms with van der Waals surface area (Å²) in [6.45, 7) is 5.92. The molecule has 2 fully saturated rings. The fraction of sp³-hybridized carbons (Fsp3) is 0.750. The van der Waals surface area contributed by atoms with Crippen molar-refractivity contribution >= 4 is 0 Å². The van der Waals surface area contributed by atoms with Gasteiger partial charge in [0.2, 0.25) is 0 Å². The maximum atomic E-state index is 11.5. The van der Waals surface area contributed by atoms with E-state index in [-0.39, 0.29) is 11.2 Å². The molecule has 5 rings (SSSR count). The van der Waals surface area contributed by atoms with Crippen molar-refractivity contribution in [1.29, 1.82) is 0 Å². The first kappa shape index (κ1) is 18.1. The van der Waals surface area contributed by atoms with Gasteiger partial charge in [-0.1, -0.05) is 30.7 Å². The van der Waals surface area contributed by atoms with Crippen molar-refractivity contribution in [3.05, 3.63) is 34.9 Å². The average molecular weight is 371 g/mol. The normalized spacial score (nSPS) is 43.0. The van der Waals surface area contributed by atoms with Crippen LogP contribution < -0.4 is 0 Å². The lowest BCUT2D eigenvalue weighted by Gasteiger charge is -2.51. The summed E-state index contributed by atoms with van der Waals surface area (Å²) >= 11 is 0. The Bertz CT molecular complexity index is 711. The fourth-order valence-electron chi connectivity index (χ4n) is 7.05. The van der Waals surface area contributed by atoms with Gasteiger partial charge >= 0.3 is 0 Å². The molecule has 0 bridgehead atoms. The van der Waals surface area contributed by atoms with E-state index in [1.165, 1.54) is 19.3 Å². The maximum absolute atomic E-state index is 11.5. The smallest absolute Gasteiger partial charge is 0.172 e. The van der Waals surface area contributed by atoms with Crippen molar-refractivity contribution in [2.75, 3.05) is 13.2 Å². The van der Waals surface area contributed by atoms with Gasteiger partial charge in [0, 0.05) is 18.3 Å². The minimum absolute atomic E-state index is 0.0201. The first-order valence-electron chi connectivity index (χ1n) is 11.0. The Hall–Kier alpha value is -0.900. The zero-order chi connectivity index (χ0) is 18.7. The van der Waals surface area contributed by atoms with Gasteiger partial charge < -0.3 is 14.6 Å². The largest absolute Gasteiger partial charge is 0.389 e. The van der Waals surface area contributed by atoms with Crippen LogP contribution in [0, 0.1) is 17.3 Å². The minimum Gasteiger partial charge on any atom is -0.389 e. The number of aliphatic hydroxyl groups is 1. The van der Waals surface area contributed by atoms with Crippen LogP contribution in [0.3, 0.4) is 0 Å². The van der Waals surface area contributed by atoms with E-state index in [2.05, 4.69) is 32.1 Å². The molecule has 1 saturated heterocycles. The lowest BCUT2D eigenvalue weighted by atomic mass is 9.56. The van der Waals surface area contributed by atoms with Crippen LogP contribution in [-0.2, 0) is 9.47 Å². The number of fused-ring (bicyclic) bond motifs is 4. The second-order valence-corrected chi connectivity index (χ2v) is 9.74. The molecule has 1 N–H and O–H groups in total. The summed E-state index contributed by atoms with van der Waals surface area (Å²) in [5.74, 6) is 0.952. The minimum atomic E-state index is -0.539. The monoisotopic (exact) mass is 370 g/mol. The third kappa shape index (κ3) is 2.58. The van der Waals surface area contributed by atoms with Crippen LogP contribution in [0.25, 0.3) is 0 Å². The maximum Gasteiger partial charge on any atom is 0.172 e. The highest BCUT2D eigenvalue weighted by atomic mass is 16.7. The van der Waals surface area contributed by atoms with E-state index in [0.717, 1.165) is 51.7 Å². The first-order valence-corrected chi connectivity index (χ1v) is 11.0. The number of hydrogen-bond acceptors (Lipinski definition) is 3. The number of ether oxygens (including phenoxy) is 2. The number of allylic oxidation sites excluding steroid dienone is 4. The molecule has 148 valence electrons. The number of hydrogen-bond donors (Lipinski definition) is 1. The van der Waals surface area contributed by atoms with Crippen LogP contribution in [0.4, 0.5) is 0 Å². The summed E-state index contributed by atoms with van der Waals surface area (Å²) in [5, 5.41) is 11.5. The van der Waals surface area contributed by atoms with Crippen molar-refractivity contribution in [1.82, 2.24) is 0 Å². The summed E-state index contributed by atoms with van der Waals surface area (Å²) in [7, 11) is 0. The Kier molecular flexibility index (Phi) is 4.24. The average Bonchev–Trinajstić information content (AvgIpc) is 3.22. The van der Waals surface area contributed by atoms with E-state index < -0.39 is 5.60 Å². The highest BCUT2D eigenvalue weighted by molar-refractivity contribution is 5.45. The van der Waals surface area contributed by atoms with Crippen molar-refractivity contribution in [2.45, 2.75) is 83.0 Å². The van der Waals surface area contributed by atoms with E-state index >= 15 is 0 Å². The molecule has 27 heavy (non-hydrogen) atoms. The molecule has 4 aliphatic carbocycles. The van der Waals surface area contributed by atoms with Crippen molar-refractivity contribution in [2.24, 2.45) is 17.3 Å². The molecule has 0 radical (unpaired) electrons. The van der Waals surface area contributed by atoms with Gasteiger partial charge in [-0.05, 0) is 74.9 Å². The van der Waals surface area contributed by atoms with E-state index in [1.807, 2.05) is 0 Å². The van der Waals surface area contributed by atoms with E-state index in [1.54, 1.807) is 16.7 Å². The molecule has 3 nitrogen and oxygen atoms in total. The molecule has 0 amide bonds. The van der Waals surface area contributed by atoms with E-state index in [0.29, 0.717) is 11.8 Å². The molecule has 3 heteroatoms. The lowest BCUT2D eigenvalue weighted by molar-refractivity contribution is -0.164. The summed E-state index contributed by atoms with van der Waals surface area (Å²) in [6, 6.07) is 0. The van der Waals surface area contributed by atoms with Crippen LogP contribution in [-0.4, -0.2) is 29.7 Å². The zero-order valence-corrected chi connectivity index (χ0v) is 16.9.